The number of aromatic amines is 1. The number of oxime groups is 1. The monoisotopic (exact) mass is 458 g/mol. The molecule has 0 unspecified atom stereocenters. The third-order valence-electron chi connectivity index (χ3n) is 6.23. The summed E-state index contributed by atoms with van der Waals surface area (Å²) in [5.74, 6) is -0.297. The molecule has 0 aromatic carbocycles. The molecule has 178 valence electrons. The minimum absolute atomic E-state index is 0.00396. The van der Waals surface area contributed by atoms with Gasteiger partial charge in [0.2, 0.25) is 5.91 Å². The molecule has 11 heteroatoms. The van der Waals surface area contributed by atoms with Crippen molar-refractivity contribution >= 4 is 23.5 Å². The fourth-order valence-corrected chi connectivity index (χ4v) is 3.98. The molecule has 0 radical (unpaired) electrons. The highest BCUT2D eigenvalue weighted by Gasteiger charge is 2.45. The Morgan fingerprint density at radius 3 is 2.55 bits per heavy atom. The minimum atomic E-state index is -0.559. The van der Waals surface area contributed by atoms with E-state index in [1.165, 1.54) is 12.3 Å². The minimum Gasteiger partial charge on any atom is -0.444 e. The molecule has 2 fully saturated rings. The summed E-state index contributed by atoms with van der Waals surface area (Å²) in [5, 5.41) is 19.8. The van der Waals surface area contributed by atoms with E-state index in [4.69, 9.17) is 4.74 Å². The molecule has 2 aromatic rings. The van der Waals surface area contributed by atoms with Crippen molar-refractivity contribution in [2.24, 2.45) is 10.6 Å². The topological polar surface area (TPSA) is 141 Å². The van der Waals surface area contributed by atoms with Crippen LogP contribution in [0, 0.1) is 5.41 Å². The Kier molecular flexibility index (Phi) is 5.67. The number of hydrogen-bond acceptors (Lipinski definition) is 7. The van der Waals surface area contributed by atoms with Gasteiger partial charge in [0.1, 0.15) is 11.2 Å². The fourth-order valence-electron chi connectivity index (χ4n) is 3.98. The van der Waals surface area contributed by atoms with Gasteiger partial charge in [0, 0.05) is 30.5 Å². The van der Waals surface area contributed by atoms with Crippen LogP contribution >= 0.6 is 0 Å². The summed E-state index contributed by atoms with van der Waals surface area (Å²) in [6, 6.07) is 1.50. The third-order valence-corrected chi connectivity index (χ3v) is 6.23. The zero-order chi connectivity index (χ0) is 24.0. The van der Waals surface area contributed by atoms with E-state index >= 15 is 0 Å². The van der Waals surface area contributed by atoms with Gasteiger partial charge < -0.3 is 25.1 Å². The summed E-state index contributed by atoms with van der Waals surface area (Å²) in [6.45, 7) is 8.34. The number of likely N-dealkylation sites (tertiary alicyclic amines) is 1. The third kappa shape index (κ3) is 4.71. The van der Waals surface area contributed by atoms with Crippen LogP contribution < -0.4 is 10.9 Å². The molecule has 2 aromatic heterocycles. The number of ether oxygens (including phenoxy) is 1. The van der Waals surface area contributed by atoms with Crippen LogP contribution in [0.2, 0.25) is 0 Å². The predicted molar refractivity (Wildman–Crippen MR) is 119 cm³/mol. The number of rotatable bonds is 3. The first-order valence-electron chi connectivity index (χ1n) is 11.1. The average Bonchev–Trinajstić information content (AvgIpc) is 3.37. The maximum Gasteiger partial charge on any atom is 0.410 e. The van der Waals surface area contributed by atoms with Gasteiger partial charge in [0.25, 0.3) is 5.56 Å². The standard InChI is InChI=1S/C22H30N6O5/c1-21(2,3)33-20(31)27-9-5-13(6-10-27)15-11-16(29)24-18-14(12-23-28(15)18)17(26-32)25-19(30)22(4)7-8-22/h11-13,32H,5-10H2,1-4H3,(H,24,29)(H,25,26,30). The van der Waals surface area contributed by atoms with Gasteiger partial charge in [-0.3, -0.25) is 9.59 Å². The first-order chi connectivity index (χ1) is 15.5. The van der Waals surface area contributed by atoms with Gasteiger partial charge in [-0.2, -0.15) is 5.10 Å². The Hall–Kier alpha value is -3.37. The van der Waals surface area contributed by atoms with E-state index in [0.717, 1.165) is 12.8 Å². The van der Waals surface area contributed by atoms with E-state index in [2.05, 4.69) is 20.6 Å². The molecule has 1 saturated carbocycles. The van der Waals surface area contributed by atoms with Crippen LogP contribution in [0.3, 0.4) is 0 Å². The van der Waals surface area contributed by atoms with Crippen LogP contribution in [0.4, 0.5) is 4.79 Å². The van der Waals surface area contributed by atoms with Crippen LogP contribution in [0.1, 0.15) is 70.6 Å². The Labute approximate surface area is 190 Å². The van der Waals surface area contributed by atoms with Crippen molar-refractivity contribution in [2.75, 3.05) is 13.1 Å². The van der Waals surface area contributed by atoms with Crippen molar-refractivity contribution in [1.29, 1.82) is 0 Å². The average molecular weight is 459 g/mol. The van der Waals surface area contributed by atoms with Crippen LogP contribution in [0.25, 0.3) is 5.65 Å². The number of amidine groups is 1. The molecule has 2 aliphatic rings. The number of amides is 2. The number of aromatic nitrogens is 3. The molecule has 4 rings (SSSR count). The highest BCUT2D eigenvalue weighted by Crippen LogP contribution is 2.45. The second kappa shape index (κ2) is 8.20. The lowest BCUT2D eigenvalue weighted by Crippen LogP contribution is -2.41. The zero-order valence-corrected chi connectivity index (χ0v) is 19.3. The smallest absolute Gasteiger partial charge is 0.410 e. The first-order valence-corrected chi connectivity index (χ1v) is 11.1. The van der Waals surface area contributed by atoms with Gasteiger partial charge in [-0.1, -0.05) is 12.1 Å². The molecule has 1 saturated heterocycles. The van der Waals surface area contributed by atoms with Crippen molar-refractivity contribution < 1.29 is 19.5 Å². The largest absolute Gasteiger partial charge is 0.444 e. The van der Waals surface area contributed by atoms with Crippen molar-refractivity contribution in [2.45, 2.75) is 64.9 Å². The highest BCUT2D eigenvalue weighted by atomic mass is 16.6. The normalized spacial score (nSPS) is 18.9. The maximum absolute atomic E-state index is 12.5. The van der Waals surface area contributed by atoms with Crippen LogP contribution in [0.15, 0.2) is 22.2 Å². The molecule has 3 heterocycles. The Morgan fingerprint density at radius 2 is 1.97 bits per heavy atom. The summed E-state index contributed by atoms with van der Waals surface area (Å²) < 4.78 is 7.05. The van der Waals surface area contributed by atoms with Crippen molar-refractivity contribution in [1.82, 2.24) is 24.8 Å². The molecule has 0 bridgehead atoms. The Balaban J connectivity index is 1.55. The first kappa shape index (κ1) is 22.8. The van der Waals surface area contributed by atoms with Crippen molar-refractivity contribution in [3.63, 3.8) is 0 Å². The molecule has 2 amide bonds. The van der Waals surface area contributed by atoms with E-state index in [-0.39, 0.29) is 29.3 Å². The van der Waals surface area contributed by atoms with E-state index in [1.807, 2.05) is 27.7 Å². The Bertz CT molecular complexity index is 1160. The predicted octanol–water partition coefficient (Wildman–Crippen LogP) is 2.19. The number of carbonyl (C=O) groups is 2. The summed E-state index contributed by atoms with van der Waals surface area (Å²) in [6.07, 6.45) is 3.94. The number of H-pyrrole nitrogens is 1. The molecule has 1 aliphatic carbocycles. The van der Waals surface area contributed by atoms with Crippen molar-refractivity contribution in [3.05, 3.63) is 33.9 Å². The number of carbonyl (C=O) groups excluding carboxylic acids is 2. The Morgan fingerprint density at radius 1 is 1.30 bits per heavy atom. The molecular formula is C22H30N6O5. The second-order valence-corrected chi connectivity index (χ2v) is 10.1. The number of nitrogens with zero attached hydrogens (tertiary/aromatic N) is 4. The molecule has 1 aliphatic heterocycles. The van der Waals surface area contributed by atoms with Crippen LogP contribution in [-0.2, 0) is 9.53 Å². The zero-order valence-electron chi connectivity index (χ0n) is 19.3. The summed E-state index contributed by atoms with van der Waals surface area (Å²) >= 11 is 0. The molecule has 33 heavy (non-hydrogen) atoms. The van der Waals surface area contributed by atoms with Crippen LogP contribution in [-0.4, -0.2) is 61.2 Å². The van der Waals surface area contributed by atoms with E-state index in [9.17, 15) is 19.6 Å². The molecular weight excluding hydrogens is 428 g/mol. The number of nitrogens with one attached hydrogen (secondary N) is 2. The number of piperidine rings is 1. The SMILES string of the molecule is CC(C)(C)OC(=O)N1CCC(c2cc(=O)[nH]c3c(/C(=N\O)NC(=O)C4(C)CC4)cnn23)CC1. The second-order valence-electron chi connectivity index (χ2n) is 10.1. The molecule has 11 nitrogen and oxygen atoms in total. The summed E-state index contributed by atoms with van der Waals surface area (Å²) in [5.41, 5.74) is 0.00507. The quantitative estimate of drug-likeness (QED) is 0.279. The van der Waals surface area contributed by atoms with Gasteiger partial charge in [0.15, 0.2) is 5.84 Å². The van der Waals surface area contributed by atoms with Crippen molar-refractivity contribution in [3.8, 4) is 0 Å². The fraction of sp³-hybridized carbons (Fsp3) is 0.591. The summed E-state index contributed by atoms with van der Waals surface area (Å²) in [4.78, 5) is 41.7. The van der Waals surface area contributed by atoms with Gasteiger partial charge >= 0.3 is 6.09 Å². The van der Waals surface area contributed by atoms with Crippen LogP contribution in [0.5, 0.6) is 0 Å². The lowest BCUT2D eigenvalue weighted by atomic mass is 9.93. The lowest BCUT2D eigenvalue weighted by molar-refractivity contribution is -0.124. The van der Waals surface area contributed by atoms with E-state index < -0.39 is 11.0 Å². The lowest BCUT2D eigenvalue weighted by Gasteiger charge is -2.33. The number of hydrogen-bond donors (Lipinski definition) is 3. The van der Waals surface area contributed by atoms with Gasteiger partial charge in [-0.15, -0.1) is 0 Å². The molecule has 3 N–H and O–H groups in total. The molecule has 0 spiro atoms. The maximum atomic E-state index is 12.5. The number of fused-ring (bicyclic) bond motifs is 1. The van der Waals surface area contributed by atoms with Gasteiger partial charge in [-0.05, 0) is 46.5 Å². The van der Waals surface area contributed by atoms with Gasteiger partial charge in [0.05, 0.1) is 17.5 Å². The molecule has 0 atom stereocenters. The van der Waals surface area contributed by atoms with E-state index in [1.54, 1.807) is 9.42 Å². The highest BCUT2D eigenvalue weighted by molar-refractivity contribution is 6.12. The van der Waals surface area contributed by atoms with E-state index in [0.29, 0.717) is 42.8 Å². The van der Waals surface area contributed by atoms with Gasteiger partial charge in [-0.25, -0.2) is 9.31 Å². The summed E-state index contributed by atoms with van der Waals surface area (Å²) in [7, 11) is 0.